The van der Waals surface area contributed by atoms with Gasteiger partial charge in [-0.05, 0) is 39.0 Å². The van der Waals surface area contributed by atoms with Crippen LogP contribution in [0.1, 0.15) is 26.3 Å². The summed E-state index contributed by atoms with van der Waals surface area (Å²) in [5.41, 5.74) is -0.341. The van der Waals surface area contributed by atoms with Gasteiger partial charge in [0.05, 0.1) is 6.61 Å². The number of ether oxygens (including phenoxy) is 1. The Hall–Kier alpha value is -0.940. The lowest BCUT2D eigenvalue weighted by Crippen LogP contribution is -2.47. The van der Waals surface area contributed by atoms with E-state index in [2.05, 4.69) is 21.2 Å². The summed E-state index contributed by atoms with van der Waals surface area (Å²) >= 11 is 3.28. The van der Waals surface area contributed by atoms with Gasteiger partial charge in [-0.2, -0.15) is 0 Å². The number of carbonyl (C=O) groups is 1. The van der Waals surface area contributed by atoms with Crippen LogP contribution in [-0.2, 0) is 16.1 Å². The van der Waals surface area contributed by atoms with E-state index < -0.39 is 5.54 Å². The molecular formula is C13H17BrFNO2. The van der Waals surface area contributed by atoms with Crippen LogP contribution in [0.15, 0.2) is 22.7 Å². The van der Waals surface area contributed by atoms with Gasteiger partial charge < -0.3 is 4.74 Å². The van der Waals surface area contributed by atoms with Crippen molar-refractivity contribution in [2.24, 2.45) is 0 Å². The molecule has 1 aromatic carbocycles. The second-order valence-corrected chi connectivity index (χ2v) is 5.35. The largest absolute Gasteiger partial charge is 0.465 e. The third kappa shape index (κ3) is 4.07. The highest BCUT2D eigenvalue weighted by atomic mass is 79.9. The van der Waals surface area contributed by atoms with E-state index in [1.54, 1.807) is 32.9 Å². The molecule has 1 N–H and O–H groups in total. The molecule has 0 aliphatic carbocycles. The third-order valence-corrected chi connectivity index (χ3v) is 3.01. The van der Waals surface area contributed by atoms with Crippen molar-refractivity contribution in [1.82, 2.24) is 5.32 Å². The lowest BCUT2D eigenvalue weighted by Gasteiger charge is -2.24. The molecule has 0 spiro atoms. The minimum absolute atomic E-state index is 0.261. The van der Waals surface area contributed by atoms with Crippen LogP contribution in [-0.4, -0.2) is 18.1 Å². The standard InChI is InChI=1S/C13H17BrFNO2/c1-4-18-12(17)13(2,3)16-8-9-7-10(14)5-6-11(9)15/h5-7,16H,4,8H2,1-3H3. The first-order valence-electron chi connectivity index (χ1n) is 5.73. The van der Waals surface area contributed by atoms with E-state index in [-0.39, 0.29) is 18.3 Å². The Labute approximate surface area is 115 Å². The second kappa shape index (κ2) is 6.29. The number of rotatable bonds is 5. The molecule has 18 heavy (non-hydrogen) atoms. The summed E-state index contributed by atoms with van der Waals surface area (Å²) in [4.78, 5) is 11.7. The van der Waals surface area contributed by atoms with Crippen LogP contribution in [0.2, 0.25) is 0 Å². The van der Waals surface area contributed by atoms with Crippen LogP contribution in [0.3, 0.4) is 0 Å². The molecule has 0 atom stereocenters. The van der Waals surface area contributed by atoms with Crippen LogP contribution in [0, 0.1) is 5.82 Å². The molecule has 5 heteroatoms. The van der Waals surface area contributed by atoms with Gasteiger partial charge in [0, 0.05) is 16.6 Å². The van der Waals surface area contributed by atoms with Crippen LogP contribution < -0.4 is 5.32 Å². The maximum Gasteiger partial charge on any atom is 0.325 e. The van der Waals surface area contributed by atoms with Gasteiger partial charge in [0.1, 0.15) is 11.4 Å². The van der Waals surface area contributed by atoms with Crippen molar-refractivity contribution in [3.8, 4) is 0 Å². The summed E-state index contributed by atoms with van der Waals surface area (Å²) in [6.07, 6.45) is 0. The van der Waals surface area contributed by atoms with Crippen LogP contribution in [0.4, 0.5) is 4.39 Å². The second-order valence-electron chi connectivity index (χ2n) is 4.43. The van der Waals surface area contributed by atoms with E-state index in [4.69, 9.17) is 4.74 Å². The molecule has 0 aliphatic heterocycles. The average Bonchev–Trinajstić information content (AvgIpc) is 2.31. The zero-order valence-corrected chi connectivity index (χ0v) is 12.3. The Morgan fingerprint density at radius 2 is 2.17 bits per heavy atom. The quantitative estimate of drug-likeness (QED) is 0.848. The number of esters is 1. The Balaban J connectivity index is 2.69. The summed E-state index contributed by atoms with van der Waals surface area (Å²) in [6, 6.07) is 4.71. The van der Waals surface area contributed by atoms with E-state index in [0.717, 1.165) is 4.47 Å². The van der Waals surface area contributed by atoms with Crippen molar-refractivity contribution in [3.63, 3.8) is 0 Å². The molecule has 0 aromatic heterocycles. The molecule has 1 rings (SSSR count). The maximum atomic E-state index is 13.5. The van der Waals surface area contributed by atoms with Crippen LogP contribution in [0.25, 0.3) is 0 Å². The molecule has 0 fully saturated rings. The molecule has 0 radical (unpaired) electrons. The number of benzene rings is 1. The Bertz CT molecular complexity index is 435. The van der Waals surface area contributed by atoms with Gasteiger partial charge >= 0.3 is 5.97 Å². The first kappa shape index (κ1) is 15.1. The fraction of sp³-hybridized carbons (Fsp3) is 0.462. The molecule has 0 aliphatic rings. The minimum Gasteiger partial charge on any atom is -0.465 e. The highest BCUT2D eigenvalue weighted by Gasteiger charge is 2.28. The first-order chi connectivity index (χ1) is 8.36. The number of halogens is 2. The van der Waals surface area contributed by atoms with Crippen molar-refractivity contribution in [1.29, 1.82) is 0 Å². The summed E-state index contributed by atoms with van der Waals surface area (Å²) in [6.45, 7) is 5.76. The highest BCUT2D eigenvalue weighted by Crippen LogP contribution is 2.16. The average molecular weight is 318 g/mol. The van der Waals surface area contributed by atoms with Gasteiger partial charge in [0.2, 0.25) is 0 Å². The molecule has 1 aromatic rings. The first-order valence-corrected chi connectivity index (χ1v) is 6.52. The third-order valence-electron chi connectivity index (χ3n) is 2.51. The van der Waals surface area contributed by atoms with E-state index in [1.807, 2.05) is 0 Å². The van der Waals surface area contributed by atoms with Gasteiger partial charge in [0.25, 0.3) is 0 Å². The van der Waals surface area contributed by atoms with Crippen molar-refractivity contribution in [2.75, 3.05) is 6.61 Å². The predicted octanol–water partition coefficient (Wildman–Crippen LogP) is 3.02. The molecule has 0 unspecified atom stereocenters. The molecule has 0 heterocycles. The van der Waals surface area contributed by atoms with Crippen LogP contribution in [0.5, 0.6) is 0 Å². The lowest BCUT2D eigenvalue weighted by molar-refractivity contribution is -0.149. The lowest BCUT2D eigenvalue weighted by atomic mass is 10.1. The summed E-state index contributed by atoms with van der Waals surface area (Å²) in [7, 11) is 0. The number of carbonyl (C=O) groups excluding carboxylic acids is 1. The Morgan fingerprint density at radius 1 is 1.50 bits per heavy atom. The number of hydrogen-bond acceptors (Lipinski definition) is 3. The fourth-order valence-corrected chi connectivity index (χ4v) is 1.79. The summed E-state index contributed by atoms with van der Waals surface area (Å²) < 4.78 is 19.3. The molecule has 0 bridgehead atoms. The summed E-state index contributed by atoms with van der Waals surface area (Å²) in [5.74, 6) is -0.647. The summed E-state index contributed by atoms with van der Waals surface area (Å²) in [5, 5.41) is 2.99. The Morgan fingerprint density at radius 3 is 2.78 bits per heavy atom. The minimum atomic E-state index is -0.842. The molecule has 0 saturated heterocycles. The van der Waals surface area contributed by atoms with E-state index in [9.17, 15) is 9.18 Å². The smallest absolute Gasteiger partial charge is 0.325 e. The monoisotopic (exact) mass is 317 g/mol. The van der Waals surface area contributed by atoms with Crippen molar-refractivity contribution in [3.05, 3.63) is 34.1 Å². The molecule has 3 nitrogen and oxygen atoms in total. The van der Waals surface area contributed by atoms with Crippen molar-refractivity contribution in [2.45, 2.75) is 32.9 Å². The van der Waals surface area contributed by atoms with Gasteiger partial charge in [-0.3, -0.25) is 10.1 Å². The normalized spacial score (nSPS) is 11.4. The van der Waals surface area contributed by atoms with Gasteiger partial charge in [-0.25, -0.2) is 4.39 Å². The zero-order chi connectivity index (χ0) is 13.8. The van der Waals surface area contributed by atoms with Gasteiger partial charge in [-0.1, -0.05) is 15.9 Å². The van der Waals surface area contributed by atoms with E-state index in [0.29, 0.717) is 12.2 Å². The van der Waals surface area contributed by atoms with Gasteiger partial charge in [0.15, 0.2) is 0 Å². The molecule has 100 valence electrons. The zero-order valence-electron chi connectivity index (χ0n) is 10.7. The van der Waals surface area contributed by atoms with Crippen molar-refractivity contribution < 1.29 is 13.9 Å². The predicted molar refractivity (Wildman–Crippen MR) is 71.7 cm³/mol. The molecular weight excluding hydrogens is 301 g/mol. The molecule has 0 saturated carbocycles. The van der Waals surface area contributed by atoms with Crippen LogP contribution >= 0.6 is 15.9 Å². The Kier molecular flexibility index (Phi) is 5.28. The molecule has 0 amide bonds. The highest BCUT2D eigenvalue weighted by molar-refractivity contribution is 9.10. The van der Waals surface area contributed by atoms with Crippen molar-refractivity contribution >= 4 is 21.9 Å². The van der Waals surface area contributed by atoms with Gasteiger partial charge in [-0.15, -0.1) is 0 Å². The maximum absolute atomic E-state index is 13.5. The number of nitrogens with one attached hydrogen (secondary N) is 1. The van der Waals surface area contributed by atoms with E-state index in [1.165, 1.54) is 6.07 Å². The topological polar surface area (TPSA) is 38.3 Å². The fourth-order valence-electron chi connectivity index (χ4n) is 1.38. The number of hydrogen-bond donors (Lipinski definition) is 1. The SMILES string of the molecule is CCOC(=O)C(C)(C)NCc1cc(Br)ccc1F. The van der Waals surface area contributed by atoms with E-state index >= 15 is 0 Å².